The molecule has 2 aromatic rings. The Kier molecular flexibility index (Phi) is 5.78. The van der Waals surface area contributed by atoms with Crippen LogP contribution in [0.2, 0.25) is 5.15 Å². The van der Waals surface area contributed by atoms with Crippen molar-refractivity contribution in [3.8, 4) is 0 Å². The van der Waals surface area contributed by atoms with E-state index in [1.807, 2.05) is 6.92 Å². The third-order valence-corrected chi connectivity index (χ3v) is 3.91. The van der Waals surface area contributed by atoms with Crippen LogP contribution in [0.5, 0.6) is 0 Å². The summed E-state index contributed by atoms with van der Waals surface area (Å²) in [5, 5.41) is 7.56. The minimum atomic E-state index is -0.395. The molecule has 0 spiro atoms. The first kappa shape index (κ1) is 18.2. The second kappa shape index (κ2) is 7.62. The molecule has 0 fully saturated rings. The fourth-order valence-corrected chi connectivity index (χ4v) is 2.59. The largest absolute Gasteiger partial charge is 0.322 e. The highest BCUT2D eigenvalue weighted by molar-refractivity contribution is 6.31. The summed E-state index contributed by atoms with van der Waals surface area (Å²) in [5.41, 5.74) is 2.70. The monoisotopic (exact) mass is 349 g/mol. The van der Waals surface area contributed by atoms with Crippen molar-refractivity contribution in [1.82, 2.24) is 9.78 Å². The Labute approximate surface area is 146 Å². The zero-order valence-corrected chi connectivity index (χ0v) is 15.0. The van der Waals surface area contributed by atoms with Gasteiger partial charge in [-0.2, -0.15) is 5.10 Å². The van der Waals surface area contributed by atoms with Crippen molar-refractivity contribution in [1.29, 1.82) is 0 Å². The molecule has 0 aliphatic heterocycles. The van der Waals surface area contributed by atoms with E-state index in [2.05, 4.69) is 24.3 Å². The first-order chi connectivity index (χ1) is 11.3. The molecule has 0 aliphatic rings. The zero-order valence-electron chi connectivity index (χ0n) is 14.2. The van der Waals surface area contributed by atoms with Crippen LogP contribution in [0.15, 0.2) is 24.3 Å². The predicted molar refractivity (Wildman–Crippen MR) is 95.6 cm³/mol. The SMILES string of the molecule is Cc1ccc(F)cc1NC(=O)/C=C/c1c(C)nn(CC(C)C)c1Cl. The first-order valence-electron chi connectivity index (χ1n) is 7.76. The van der Waals surface area contributed by atoms with Crippen LogP contribution in [0.3, 0.4) is 0 Å². The summed E-state index contributed by atoms with van der Waals surface area (Å²) in [6, 6.07) is 4.26. The van der Waals surface area contributed by atoms with Gasteiger partial charge in [0, 0.05) is 23.9 Å². The minimum absolute atomic E-state index is 0.351. The number of carbonyl (C=O) groups is 1. The Hall–Kier alpha value is -2.14. The van der Waals surface area contributed by atoms with Gasteiger partial charge in [-0.1, -0.05) is 31.5 Å². The molecule has 0 atom stereocenters. The van der Waals surface area contributed by atoms with Gasteiger partial charge >= 0.3 is 0 Å². The second-order valence-electron chi connectivity index (χ2n) is 6.15. The van der Waals surface area contributed by atoms with E-state index < -0.39 is 5.82 Å². The molecule has 2 rings (SSSR count). The Balaban J connectivity index is 2.14. The number of rotatable bonds is 5. The molecule has 1 heterocycles. The fourth-order valence-electron chi connectivity index (χ4n) is 2.29. The standard InChI is InChI=1S/C18H21ClFN3O/c1-11(2)10-23-18(19)15(13(4)22-23)7-8-17(24)21-16-9-14(20)6-5-12(16)3/h5-9,11H,10H2,1-4H3,(H,21,24)/b8-7+. The molecule has 0 saturated heterocycles. The van der Waals surface area contributed by atoms with Gasteiger partial charge in [-0.25, -0.2) is 4.39 Å². The molecule has 0 bridgehead atoms. The highest BCUT2D eigenvalue weighted by atomic mass is 35.5. The molecule has 6 heteroatoms. The molecule has 0 unspecified atom stereocenters. The molecule has 4 nitrogen and oxygen atoms in total. The maximum Gasteiger partial charge on any atom is 0.248 e. The van der Waals surface area contributed by atoms with E-state index in [4.69, 9.17) is 11.6 Å². The summed E-state index contributed by atoms with van der Waals surface area (Å²) >= 11 is 6.33. The van der Waals surface area contributed by atoms with E-state index in [0.717, 1.165) is 11.3 Å². The highest BCUT2D eigenvalue weighted by Gasteiger charge is 2.12. The lowest BCUT2D eigenvalue weighted by Crippen LogP contribution is -2.09. The number of hydrogen-bond acceptors (Lipinski definition) is 2. The maximum atomic E-state index is 13.3. The van der Waals surface area contributed by atoms with Gasteiger partial charge in [-0.05, 0) is 43.5 Å². The number of carbonyl (C=O) groups excluding carboxylic acids is 1. The number of benzene rings is 1. The lowest BCUT2D eigenvalue weighted by Gasteiger charge is -2.06. The van der Waals surface area contributed by atoms with Gasteiger partial charge in [0.05, 0.1) is 5.69 Å². The van der Waals surface area contributed by atoms with Gasteiger partial charge in [0.25, 0.3) is 0 Å². The summed E-state index contributed by atoms with van der Waals surface area (Å²) in [6.45, 7) is 8.52. The molecular formula is C18H21ClFN3O. The molecule has 0 radical (unpaired) electrons. The fraction of sp³-hybridized carbons (Fsp3) is 0.333. The third-order valence-electron chi connectivity index (χ3n) is 3.51. The van der Waals surface area contributed by atoms with Crippen LogP contribution in [-0.4, -0.2) is 15.7 Å². The number of nitrogens with zero attached hydrogens (tertiary/aromatic N) is 2. The molecule has 1 aromatic heterocycles. The van der Waals surface area contributed by atoms with Crippen LogP contribution < -0.4 is 5.32 Å². The van der Waals surface area contributed by atoms with E-state index in [-0.39, 0.29) is 5.91 Å². The smallest absolute Gasteiger partial charge is 0.248 e. The van der Waals surface area contributed by atoms with Crippen molar-refractivity contribution in [2.45, 2.75) is 34.2 Å². The molecule has 0 aliphatic carbocycles. The van der Waals surface area contributed by atoms with E-state index >= 15 is 0 Å². The minimum Gasteiger partial charge on any atom is -0.322 e. The summed E-state index contributed by atoms with van der Waals surface area (Å²) in [6.07, 6.45) is 3.01. The lowest BCUT2D eigenvalue weighted by molar-refractivity contribution is -0.111. The molecule has 1 aromatic carbocycles. The van der Waals surface area contributed by atoms with Crippen LogP contribution in [-0.2, 0) is 11.3 Å². The van der Waals surface area contributed by atoms with E-state index in [0.29, 0.717) is 28.9 Å². The van der Waals surface area contributed by atoms with Gasteiger partial charge in [-0.3, -0.25) is 9.48 Å². The number of aromatic nitrogens is 2. The van der Waals surface area contributed by atoms with Crippen LogP contribution >= 0.6 is 11.6 Å². The van der Waals surface area contributed by atoms with Crippen molar-refractivity contribution in [2.75, 3.05) is 5.32 Å². The first-order valence-corrected chi connectivity index (χ1v) is 8.14. The summed E-state index contributed by atoms with van der Waals surface area (Å²) in [7, 11) is 0. The van der Waals surface area contributed by atoms with Crippen molar-refractivity contribution in [3.05, 3.63) is 52.1 Å². The van der Waals surface area contributed by atoms with E-state index in [9.17, 15) is 9.18 Å². The van der Waals surface area contributed by atoms with Crippen molar-refractivity contribution < 1.29 is 9.18 Å². The molecule has 24 heavy (non-hydrogen) atoms. The van der Waals surface area contributed by atoms with Crippen molar-refractivity contribution in [3.63, 3.8) is 0 Å². The quantitative estimate of drug-likeness (QED) is 0.802. The summed E-state index contributed by atoms with van der Waals surface area (Å²) in [4.78, 5) is 12.1. The Bertz CT molecular complexity index is 781. The predicted octanol–water partition coefficient (Wildman–Crippen LogP) is 4.60. The van der Waals surface area contributed by atoms with Gasteiger partial charge < -0.3 is 5.32 Å². The Morgan fingerprint density at radius 1 is 1.42 bits per heavy atom. The molecule has 1 N–H and O–H groups in total. The number of aryl methyl sites for hydroxylation is 2. The number of anilines is 1. The number of halogens is 2. The van der Waals surface area contributed by atoms with Crippen molar-refractivity contribution in [2.24, 2.45) is 5.92 Å². The highest BCUT2D eigenvalue weighted by Crippen LogP contribution is 2.22. The molecule has 1 amide bonds. The average molecular weight is 350 g/mol. The average Bonchev–Trinajstić information content (AvgIpc) is 2.74. The number of amides is 1. The molecule has 128 valence electrons. The third kappa shape index (κ3) is 4.45. The van der Waals surface area contributed by atoms with Crippen LogP contribution in [0.25, 0.3) is 6.08 Å². The summed E-state index contributed by atoms with van der Waals surface area (Å²) in [5.74, 6) is -0.331. The van der Waals surface area contributed by atoms with E-state index in [1.165, 1.54) is 18.2 Å². The van der Waals surface area contributed by atoms with Crippen LogP contribution in [0, 0.1) is 25.6 Å². The Morgan fingerprint density at radius 3 is 2.79 bits per heavy atom. The van der Waals surface area contributed by atoms with Gasteiger partial charge in [0.15, 0.2) is 0 Å². The summed E-state index contributed by atoms with van der Waals surface area (Å²) < 4.78 is 15.0. The van der Waals surface area contributed by atoms with Crippen LogP contribution in [0.1, 0.15) is 30.7 Å². The Morgan fingerprint density at radius 2 is 2.12 bits per heavy atom. The van der Waals surface area contributed by atoms with Gasteiger partial charge in [-0.15, -0.1) is 0 Å². The number of nitrogens with one attached hydrogen (secondary N) is 1. The normalized spacial score (nSPS) is 11.5. The zero-order chi connectivity index (χ0) is 17.9. The lowest BCUT2D eigenvalue weighted by atomic mass is 10.2. The van der Waals surface area contributed by atoms with Gasteiger partial charge in [0.1, 0.15) is 11.0 Å². The maximum absolute atomic E-state index is 13.3. The van der Waals surface area contributed by atoms with Crippen LogP contribution in [0.4, 0.5) is 10.1 Å². The van der Waals surface area contributed by atoms with Gasteiger partial charge in [0.2, 0.25) is 5.91 Å². The molecule has 0 saturated carbocycles. The van der Waals surface area contributed by atoms with E-state index in [1.54, 1.807) is 23.7 Å². The molecular weight excluding hydrogens is 329 g/mol. The number of hydrogen-bond donors (Lipinski definition) is 1. The second-order valence-corrected chi connectivity index (χ2v) is 6.51. The van der Waals surface area contributed by atoms with Crippen molar-refractivity contribution >= 4 is 29.3 Å². The topological polar surface area (TPSA) is 46.9 Å².